The molecule has 1 fully saturated rings. The number of fused-ring (bicyclic) bond motifs is 1. The number of benzene rings is 2. The molecule has 1 unspecified atom stereocenters. The molecule has 4 aromatic rings. The zero-order chi connectivity index (χ0) is 21.4. The van der Waals surface area contributed by atoms with Gasteiger partial charge in [-0.2, -0.15) is 0 Å². The standard InChI is InChI=1S/C22H22FN5O2S/c1-29-18-9-17(10-19(11-18)30-2)27-8-7-16(12-27)24-21-26-28-13-20(25-22(28)31-21)14-3-5-15(23)6-4-14/h3-6,9-11,13,16H,7-8,12H2,1-2H3,(H,24,26). The van der Waals surface area contributed by atoms with E-state index in [1.807, 2.05) is 24.4 Å². The first kappa shape index (κ1) is 19.6. The smallest absolute Gasteiger partial charge is 0.214 e. The van der Waals surface area contributed by atoms with Crippen LogP contribution in [0.1, 0.15) is 6.42 Å². The van der Waals surface area contributed by atoms with Crippen LogP contribution in [0.3, 0.4) is 0 Å². The number of rotatable bonds is 6. The van der Waals surface area contributed by atoms with Crippen LogP contribution in [0.5, 0.6) is 11.5 Å². The van der Waals surface area contributed by atoms with E-state index < -0.39 is 0 Å². The number of nitrogens with zero attached hydrogens (tertiary/aromatic N) is 4. The van der Waals surface area contributed by atoms with Crippen LogP contribution in [-0.4, -0.2) is 47.9 Å². The molecule has 0 aliphatic carbocycles. The Morgan fingerprint density at radius 1 is 1.10 bits per heavy atom. The molecule has 1 aliphatic heterocycles. The van der Waals surface area contributed by atoms with Crippen molar-refractivity contribution in [2.45, 2.75) is 12.5 Å². The molecule has 160 valence electrons. The van der Waals surface area contributed by atoms with Crippen molar-refractivity contribution in [3.05, 3.63) is 54.5 Å². The molecule has 9 heteroatoms. The van der Waals surface area contributed by atoms with E-state index in [4.69, 9.17) is 9.47 Å². The lowest BCUT2D eigenvalue weighted by Gasteiger charge is -2.20. The SMILES string of the molecule is COc1cc(OC)cc(N2CCC(Nc3nn4cc(-c5ccc(F)cc5)nc4s3)C2)c1. The molecule has 2 aromatic heterocycles. The number of hydrogen-bond acceptors (Lipinski definition) is 7. The monoisotopic (exact) mass is 439 g/mol. The summed E-state index contributed by atoms with van der Waals surface area (Å²) in [6, 6.07) is 12.5. The minimum Gasteiger partial charge on any atom is -0.497 e. The molecule has 0 spiro atoms. The van der Waals surface area contributed by atoms with E-state index in [2.05, 4.69) is 20.3 Å². The number of imidazole rings is 1. The first-order chi connectivity index (χ1) is 15.1. The summed E-state index contributed by atoms with van der Waals surface area (Å²) in [6.45, 7) is 1.80. The van der Waals surface area contributed by atoms with E-state index in [-0.39, 0.29) is 11.9 Å². The second-order valence-electron chi connectivity index (χ2n) is 7.41. The fraction of sp³-hybridized carbons (Fsp3) is 0.273. The highest BCUT2D eigenvalue weighted by Crippen LogP contribution is 2.32. The van der Waals surface area contributed by atoms with Crippen molar-refractivity contribution >= 4 is 27.1 Å². The Kier molecular flexibility index (Phi) is 5.11. The Balaban J connectivity index is 1.27. The highest BCUT2D eigenvalue weighted by atomic mass is 32.1. The van der Waals surface area contributed by atoms with E-state index in [1.165, 1.54) is 23.5 Å². The first-order valence-electron chi connectivity index (χ1n) is 9.98. The quantitative estimate of drug-likeness (QED) is 0.483. The molecule has 3 heterocycles. The van der Waals surface area contributed by atoms with Crippen LogP contribution in [0.25, 0.3) is 16.2 Å². The summed E-state index contributed by atoms with van der Waals surface area (Å²) in [6.07, 6.45) is 2.87. The van der Waals surface area contributed by atoms with E-state index >= 15 is 0 Å². The van der Waals surface area contributed by atoms with E-state index in [1.54, 1.807) is 30.9 Å². The van der Waals surface area contributed by atoms with Crippen molar-refractivity contribution in [2.24, 2.45) is 0 Å². The Morgan fingerprint density at radius 2 is 1.84 bits per heavy atom. The number of anilines is 2. The van der Waals surface area contributed by atoms with Crippen LogP contribution in [-0.2, 0) is 0 Å². The highest BCUT2D eigenvalue weighted by Gasteiger charge is 2.24. The number of nitrogens with one attached hydrogen (secondary N) is 1. The van der Waals surface area contributed by atoms with Crippen molar-refractivity contribution in [1.82, 2.24) is 14.6 Å². The van der Waals surface area contributed by atoms with Gasteiger partial charge in [-0.1, -0.05) is 11.3 Å². The average molecular weight is 440 g/mol. The molecule has 1 aliphatic rings. The van der Waals surface area contributed by atoms with Crippen molar-refractivity contribution in [3.8, 4) is 22.8 Å². The van der Waals surface area contributed by atoms with Gasteiger partial charge in [0.1, 0.15) is 17.3 Å². The van der Waals surface area contributed by atoms with Gasteiger partial charge in [0.15, 0.2) is 0 Å². The Hall–Kier alpha value is -3.33. The molecule has 1 saturated heterocycles. The fourth-order valence-electron chi connectivity index (χ4n) is 3.78. The topological polar surface area (TPSA) is 63.9 Å². The van der Waals surface area contributed by atoms with Crippen LogP contribution in [0.4, 0.5) is 15.2 Å². The summed E-state index contributed by atoms with van der Waals surface area (Å²) in [5, 5.41) is 8.99. The molecule has 0 amide bonds. The second-order valence-corrected chi connectivity index (χ2v) is 8.37. The minimum atomic E-state index is -0.257. The lowest BCUT2D eigenvalue weighted by Crippen LogP contribution is -2.26. The summed E-state index contributed by atoms with van der Waals surface area (Å²) < 4.78 is 25.7. The maximum Gasteiger partial charge on any atom is 0.214 e. The van der Waals surface area contributed by atoms with Gasteiger partial charge < -0.3 is 19.7 Å². The Labute approximate surface area is 183 Å². The van der Waals surface area contributed by atoms with Crippen LogP contribution >= 0.6 is 11.3 Å². The van der Waals surface area contributed by atoms with E-state index in [0.29, 0.717) is 0 Å². The number of halogens is 1. The molecule has 0 radical (unpaired) electrons. The van der Waals surface area contributed by atoms with E-state index in [0.717, 1.165) is 58.0 Å². The van der Waals surface area contributed by atoms with Crippen LogP contribution < -0.4 is 19.7 Å². The predicted molar refractivity (Wildman–Crippen MR) is 120 cm³/mol. The summed E-state index contributed by atoms with van der Waals surface area (Å²) in [7, 11) is 3.32. The van der Waals surface area contributed by atoms with Crippen LogP contribution in [0.15, 0.2) is 48.7 Å². The van der Waals surface area contributed by atoms with Crippen LogP contribution in [0.2, 0.25) is 0 Å². The lowest BCUT2D eigenvalue weighted by molar-refractivity contribution is 0.394. The second kappa shape index (κ2) is 8.07. The van der Waals surface area contributed by atoms with Gasteiger partial charge in [-0.15, -0.1) is 5.10 Å². The largest absolute Gasteiger partial charge is 0.497 e. The molecule has 0 bridgehead atoms. The minimum absolute atomic E-state index is 0.257. The predicted octanol–water partition coefficient (Wildman–Crippen LogP) is 4.30. The molecule has 1 N–H and O–H groups in total. The summed E-state index contributed by atoms with van der Waals surface area (Å²) in [4.78, 5) is 7.74. The normalized spacial score (nSPS) is 16.1. The number of methoxy groups -OCH3 is 2. The molecule has 7 nitrogen and oxygen atoms in total. The third-order valence-electron chi connectivity index (χ3n) is 5.40. The van der Waals surface area contributed by atoms with Gasteiger partial charge in [-0.3, -0.25) is 0 Å². The molecule has 2 aromatic carbocycles. The van der Waals surface area contributed by atoms with Gasteiger partial charge in [-0.05, 0) is 30.7 Å². The summed E-state index contributed by atoms with van der Waals surface area (Å²) in [5.74, 6) is 1.31. The average Bonchev–Trinajstić information content (AvgIpc) is 3.49. The maximum atomic E-state index is 13.1. The maximum absolute atomic E-state index is 13.1. The third-order valence-corrected chi connectivity index (χ3v) is 6.25. The van der Waals surface area contributed by atoms with Crippen molar-refractivity contribution in [3.63, 3.8) is 0 Å². The van der Waals surface area contributed by atoms with Gasteiger partial charge in [-0.25, -0.2) is 13.9 Å². The zero-order valence-electron chi connectivity index (χ0n) is 17.2. The van der Waals surface area contributed by atoms with Gasteiger partial charge in [0.05, 0.1) is 26.1 Å². The van der Waals surface area contributed by atoms with Crippen molar-refractivity contribution in [2.75, 3.05) is 37.5 Å². The van der Waals surface area contributed by atoms with Gasteiger partial charge in [0.25, 0.3) is 0 Å². The van der Waals surface area contributed by atoms with E-state index in [9.17, 15) is 4.39 Å². The molecule has 0 saturated carbocycles. The van der Waals surface area contributed by atoms with Crippen LogP contribution in [0, 0.1) is 5.82 Å². The lowest BCUT2D eigenvalue weighted by atomic mass is 10.2. The molecule has 1 atom stereocenters. The first-order valence-corrected chi connectivity index (χ1v) is 10.8. The van der Waals surface area contributed by atoms with Gasteiger partial charge in [0.2, 0.25) is 10.1 Å². The van der Waals surface area contributed by atoms with Gasteiger partial charge in [0, 0.05) is 48.6 Å². The molecular weight excluding hydrogens is 417 g/mol. The number of aromatic nitrogens is 3. The molecule has 5 rings (SSSR count). The Bertz CT molecular complexity index is 1150. The third kappa shape index (κ3) is 4.00. The van der Waals surface area contributed by atoms with Gasteiger partial charge >= 0.3 is 0 Å². The van der Waals surface area contributed by atoms with Crippen molar-refractivity contribution < 1.29 is 13.9 Å². The zero-order valence-corrected chi connectivity index (χ0v) is 18.0. The highest BCUT2D eigenvalue weighted by molar-refractivity contribution is 7.20. The molecule has 31 heavy (non-hydrogen) atoms. The van der Waals surface area contributed by atoms with Crippen molar-refractivity contribution in [1.29, 1.82) is 0 Å². The Morgan fingerprint density at radius 3 is 2.52 bits per heavy atom. The summed E-state index contributed by atoms with van der Waals surface area (Å²) in [5.41, 5.74) is 2.73. The summed E-state index contributed by atoms with van der Waals surface area (Å²) >= 11 is 1.51. The number of hydrogen-bond donors (Lipinski definition) is 1. The number of ether oxygens (including phenoxy) is 2. The fourth-order valence-corrected chi connectivity index (χ4v) is 4.64. The molecular formula is C22H22FN5O2S.